The van der Waals surface area contributed by atoms with Crippen LogP contribution >= 0.6 is 0 Å². The zero-order valence-electron chi connectivity index (χ0n) is 11.0. The molecule has 0 fully saturated rings. The molecule has 1 amide bonds. The van der Waals surface area contributed by atoms with Gasteiger partial charge in [0.25, 0.3) is 0 Å². The summed E-state index contributed by atoms with van der Waals surface area (Å²) >= 11 is 0. The summed E-state index contributed by atoms with van der Waals surface area (Å²) in [5, 5.41) is 0. The first-order valence-electron chi connectivity index (χ1n) is 5.78. The van der Waals surface area contributed by atoms with Gasteiger partial charge in [0.2, 0.25) is 0 Å². The van der Waals surface area contributed by atoms with Crippen molar-refractivity contribution in [3.8, 4) is 0 Å². The highest BCUT2D eigenvalue weighted by atomic mass is 19.4. The van der Waals surface area contributed by atoms with Gasteiger partial charge in [-0.1, -0.05) is 12.2 Å². The molecule has 1 unspecified atom stereocenters. The molecule has 0 bridgehead atoms. The van der Waals surface area contributed by atoms with Crippen molar-refractivity contribution in [1.29, 1.82) is 0 Å². The number of rotatable bonds is 1. The number of amides is 1. The number of carbonyl (C=O) groups is 2. The fourth-order valence-corrected chi connectivity index (χ4v) is 1.65. The van der Waals surface area contributed by atoms with Crippen LogP contribution in [-0.2, 0) is 14.3 Å². The lowest BCUT2D eigenvalue weighted by atomic mass is 10.1. The van der Waals surface area contributed by atoms with Crippen LogP contribution in [0, 0.1) is 0 Å². The fourth-order valence-electron chi connectivity index (χ4n) is 1.65. The summed E-state index contributed by atoms with van der Waals surface area (Å²) in [6, 6.07) is -1.22. The first kappa shape index (κ1) is 15.5. The second kappa shape index (κ2) is 5.22. The van der Waals surface area contributed by atoms with Crippen LogP contribution in [-0.4, -0.2) is 41.1 Å². The molecule has 0 radical (unpaired) electrons. The van der Waals surface area contributed by atoms with Gasteiger partial charge in [-0.2, -0.15) is 13.2 Å². The molecule has 7 heteroatoms. The summed E-state index contributed by atoms with van der Waals surface area (Å²) in [6.45, 7) is 4.58. The van der Waals surface area contributed by atoms with Gasteiger partial charge < -0.3 is 9.64 Å². The van der Waals surface area contributed by atoms with Crippen molar-refractivity contribution in [3.63, 3.8) is 0 Å². The van der Waals surface area contributed by atoms with E-state index in [-0.39, 0.29) is 13.0 Å². The van der Waals surface area contributed by atoms with Crippen molar-refractivity contribution in [2.75, 3.05) is 6.54 Å². The number of alkyl halides is 3. The van der Waals surface area contributed by atoms with E-state index in [1.807, 2.05) is 0 Å². The van der Waals surface area contributed by atoms with Gasteiger partial charge in [-0.25, -0.2) is 4.79 Å². The van der Waals surface area contributed by atoms with Crippen LogP contribution in [0.3, 0.4) is 0 Å². The summed E-state index contributed by atoms with van der Waals surface area (Å²) < 4.78 is 42.4. The van der Waals surface area contributed by atoms with Crippen LogP contribution in [0.25, 0.3) is 0 Å². The van der Waals surface area contributed by atoms with Crippen molar-refractivity contribution < 1.29 is 27.5 Å². The lowest BCUT2D eigenvalue weighted by Crippen LogP contribution is -2.52. The molecule has 1 atom stereocenters. The minimum atomic E-state index is -4.99. The molecule has 1 heterocycles. The smallest absolute Gasteiger partial charge is 0.458 e. The number of hydrogen-bond acceptors (Lipinski definition) is 3. The van der Waals surface area contributed by atoms with Gasteiger partial charge in [0.1, 0.15) is 11.6 Å². The zero-order valence-corrected chi connectivity index (χ0v) is 11.0. The van der Waals surface area contributed by atoms with E-state index in [2.05, 4.69) is 0 Å². The number of esters is 1. The third-order valence-corrected chi connectivity index (χ3v) is 2.39. The molecular weight excluding hydrogens is 263 g/mol. The molecule has 1 aliphatic heterocycles. The van der Waals surface area contributed by atoms with E-state index < -0.39 is 29.7 Å². The molecule has 0 aliphatic carbocycles. The standard InChI is InChI=1S/C12H16F3NO3/c1-11(2,3)19-9(17)8-6-4-5-7-16(8)10(18)12(13,14)15/h4-5,8H,6-7H2,1-3H3. The van der Waals surface area contributed by atoms with Crippen LogP contribution < -0.4 is 0 Å². The van der Waals surface area contributed by atoms with E-state index in [4.69, 9.17) is 4.74 Å². The minimum absolute atomic E-state index is 0.0245. The predicted octanol–water partition coefficient (Wildman–Crippen LogP) is 2.05. The number of halogens is 3. The third-order valence-electron chi connectivity index (χ3n) is 2.39. The highest BCUT2D eigenvalue weighted by molar-refractivity contribution is 5.88. The summed E-state index contributed by atoms with van der Waals surface area (Å²) in [6.07, 6.45) is -1.98. The Balaban J connectivity index is 2.88. The molecule has 0 aromatic carbocycles. The van der Waals surface area contributed by atoms with Gasteiger partial charge in [0, 0.05) is 6.54 Å². The molecule has 19 heavy (non-hydrogen) atoms. The minimum Gasteiger partial charge on any atom is -0.458 e. The molecule has 0 saturated carbocycles. The van der Waals surface area contributed by atoms with Crippen molar-refractivity contribution in [3.05, 3.63) is 12.2 Å². The van der Waals surface area contributed by atoms with Crippen LogP contribution in [0.5, 0.6) is 0 Å². The quantitative estimate of drug-likeness (QED) is 0.545. The van der Waals surface area contributed by atoms with Gasteiger partial charge in [-0.15, -0.1) is 0 Å². The predicted molar refractivity (Wildman–Crippen MR) is 61.2 cm³/mol. The third kappa shape index (κ3) is 4.25. The van der Waals surface area contributed by atoms with E-state index in [0.717, 1.165) is 0 Å². The molecule has 0 spiro atoms. The summed E-state index contributed by atoms with van der Waals surface area (Å²) in [7, 11) is 0. The number of nitrogens with zero attached hydrogens (tertiary/aromatic N) is 1. The average molecular weight is 279 g/mol. The maximum absolute atomic E-state index is 12.4. The lowest BCUT2D eigenvalue weighted by Gasteiger charge is -2.33. The zero-order chi connectivity index (χ0) is 14.8. The van der Waals surface area contributed by atoms with Gasteiger partial charge >= 0.3 is 18.1 Å². The Morgan fingerprint density at radius 3 is 2.26 bits per heavy atom. The molecule has 1 rings (SSSR count). The highest BCUT2D eigenvalue weighted by Gasteiger charge is 2.46. The maximum Gasteiger partial charge on any atom is 0.471 e. The van der Waals surface area contributed by atoms with Gasteiger partial charge in [0.15, 0.2) is 0 Å². The molecule has 0 aromatic heterocycles. The number of carbonyl (C=O) groups excluding carboxylic acids is 2. The van der Waals surface area contributed by atoms with Gasteiger partial charge in [0.05, 0.1) is 0 Å². The molecule has 4 nitrogen and oxygen atoms in total. The van der Waals surface area contributed by atoms with Crippen molar-refractivity contribution in [2.24, 2.45) is 0 Å². The molecule has 0 aromatic rings. The first-order chi connectivity index (χ1) is 8.52. The van der Waals surface area contributed by atoms with Crippen LogP contribution in [0.4, 0.5) is 13.2 Å². The molecule has 0 saturated heterocycles. The lowest BCUT2D eigenvalue weighted by molar-refractivity contribution is -0.191. The summed E-state index contributed by atoms with van der Waals surface area (Å²) in [5.41, 5.74) is -0.814. The number of hydrogen-bond donors (Lipinski definition) is 0. The molecular formula is C12H16F3NO3. The van der Waals surface area contributed by atoms with E-state index >= 15 is 0 Å². The van der Waals surface area contributed by atoms with E-state index in [1.54, 1.807) is 26.8 Å². The Bertz CT molecular complexity index is 396. The van der Waals surface area contributed by atoms with E-state index in [9.17, 15) is 22.8 Å². The Morgan fingerprint density at radius 1 is 1.21 bits per heavy atom. The Morgan fingerprint density at radius 2 is 1.79 bits per heavy atom. The van der Waals surface area contributed by atoms with E-state index in [0.29, 0.717) is 4.90 Å². The Hall–Kier alpha value is -1.53. The summed E-state index contributed by atoms with van der Waals surface area (Å²) in [5.74, 6) is -2.85. The number of ether oxygens (including phenoxy) is 1. The topological polar surface area (TPSA) is 46.6 Å². The van der Waals surface area contributed by atoms with Crippen molar-refractivity contribution in [2.45, 2.75) is 45.0 Å². The molecule has 1 aliphatic rings. The van der Waals surface area contributed by atoms with E-state index in [1.165, 1.54) is 6.08 Å². The van der Waals surface area contributed by atoms with Crippen LogP contribution in [0.1, 0.15) is 27.2 Å². The second-order valence-corrected chi connectivity index (χ2v) is 5.21. The maximum atomic E-state index is 12.4. The molecule has 108 valence electrons. The van der Waals surface area contributed by atoms with Gasteiger partial charge in [-0.05, 0) is 27.2 Å². The normalized spacial score (nSPS) is 20.3. The average Bonchev–Trinajstić information content (AvgIpc) is 2.24. The largest absolute Gasteiger partial charge is 0.471 e. The van der Waals surface area contributed by atoms with Crippen LogP contribution in [0.15, 0.2) is 12.2 Å². The second-order valence-electron chi connectivity index (χ2n) is 5.21. The SMILES string of the molecule is CC(C)(C)OC(=O)C1CC=CCN1C(=O)C(F)(F)F. The fraction of sp³-hybridized carbons (Fsp3) is 0.667. The van der Waals surface area contributed by atoms with Crippen molar-refractivity contribution >= 4 is 11.9 Å². The Kier molecular flexibility index (Phi) is 4.27. The summed E-state index contributed by atoms with van der Waals surface area (Å²) in [4.78, 5) is 23.6. The highest BCUT2D eigenvalue weighted by Crippen LogP contribution is 2.24. The molecule has 0 N–H and O–H groups in total. The first-order valence-corrected chi connectivity index (χ1v) is 5.78. The van der Waals surface area contributed by atoms with Crippen LogP contribution in [0.2, 0.25) is 0 Å². The monoisotopic (exact) mass is 279 g/mol. The Labute approximate surface area is 109 Å². The van der Waals surface area contributed by atoms with Gasteiger partial charge in [-0.3, -0.25) is 4.79 Å². The van der Waals surface area contributed by atoms with Crippen molar-refractivity contribution in [1.82, 2.24) is 4.90 Å².